The molecule has 0 saturated heterocycles. The molecule has 0 radical (unpaired) electrons. The minimum Gasteiger partial charge on any atom is -0.478 e. The fraction of sp³-hybridized carbons (Fsp3) is 0.438. The second-order valence-electron chi connectivity index (χ2n) is 4.94. The van der Waals surface area contributed by atoms with E-state index in [0.29, 0.717) is 6.73 Å². The van der Waals surface area contributed by atoms with Gasteiger partial charge in [0.25, 0.3) is 0 Å². The van der Waals surface area contributed by atoms with Crippen molar-refractivity contribution in [2.24, 2.45) is 0 Å². The van der Waals surface area contributed by atoms with Gasteiger partial charge in [0.2, 0.25) is 0 Å². The third kappa shape index (κ3) is 3.84. The maximum Gasteiger partial charge on any atom is 0.331 e. The van der Waals surface area contributed by atoms with Gasteiger partial charge in [0.05, 0.1) is 0 Å². The monoisotopic (exact) mass is 275 g/mol. The predicted molar refractivity (Wildman–Crippen MR) is 77.2 cm³/mol. The molecule has 1 aliphatic rings. The Labute approximate surface area is 120 Å². The first-order chi connectivity index (χ1) is 9.72. The van der Waals surface area contributed by atoms with Crippen molar-refractivity contribution in [1.29, 1.82) is 0 Å². The molecule has 0 spiro atoms. The SMILES string of the molecule is C=CC(=O)OCN1COc2ccc(CCCC)cc2C1. The minimum atomic E-state index is -0.410. The Morgan fingerprint density at radius 2 is 2.40 bits per heavy atom. The van der Waals surface area contributed by atoms with Crippen LogP contribution in [-0.4, -0.2) is 24.3 Å². The Balaban J connectivity index is 1.96. The molecule has 1 aliphatic heterocycles. The molecule has 108 valence electrons. The number of aryl methyl sites for hydroxylation is 1. The molecule has 1 heterocycles. The van der Waals surface area contributed by atoms with Gasteiger partial charge in [0.15, 0.2) is 0 Å². The third-order valence-electron chi connectivity index (χ3n) is 3.30. The largest absolute Gasteiger partial charge is 0.478 e. The zero-order valence-electron chi connectivity index (χ0n) is 11.9. The summed E-state index contributed by atoms with van der Waals surface area (Å²) in [5, 5.41) is 0. The van der Waals surface area contributed by atoms with Crippen LogP contribution in [0.4, 0.5) is 0 Å². The maximum absolute atomic E-state index is 11.1. The molecule has 20 heavy (non-hydrogen) atoms. The highest BCUT2D eigenvalue weighted by Gasteiger charge is 2.18. The number of hydrogen-bond donors (Lipinski definition) is 0. The van der Waals surface area contributed by atoms with E-state index >= 15 is 0 Å². The van der Waals surface area contributed by atoms with Gasteiger partial charge in [-0.2, -0.15) is 0 Å². The Morgan fingerprint density at radius 1 is 1.55 bits per heavy atom. The van der Waals surface area contributed by atoms with E-state index in [-0.39, 0.29) is 6.73 Å². The summed E-state index contributed by atoms with van der Waals surface area (Å²) in [6.07, 6.45) is 4.65. The fourth-order valence-corrected chi connectivity index (χ4v) is 2.18. The van der Waals surface area contributed by atoms with E-state index in [1.54, 1.807) is 0 Å². The van der Waals surface area contributed by atoms with E-state index in [1.807, 2.05) is 11.0 Å². The quantitative estimate of drug-likeness (QED) is 0.591. The average Bonchev–Trinajstić information content (AvgIpc) is 2.49. The number of rotatable bonds is 6. The van der Waals surface area contributed by atoms with Crippen molar-refractivity contribution in [3.8, 4) is 5.75 Å². The van der Waals surface area contributed by atoms with Crippen molar-refractivity contribution in [3.63, 3.8) is 0 Å². The van der Waals surface area contributed by atoms with Crippen LogP contribution >= 0.6 is 0 Å². The first kappa shape index (κ1) is 14.6. The average molecular weight is 275 g/mol. The number of carbonyl (C=O) groups is 1. The lowest BCUT2D eigenvalue weighted by atomic mass is 10.0. The molecule has 0 unspecified atom stereocenters. The zero-order valence-corrected chi connectivity index (χ0v) is 11.9. The second-order valence-corrected chi connectivity index (χ2v) is 4.94. The van der Waals surface area contributed by atoms with E-state index < -0.39 is 5.97 Å². The smallest absolute Gasteiger partial charge is 0.331 e. The number of ether oxygens (including phenoxy) is 2. The molecule has 0 bridgehead atoms. The van der Waals surface area contributed by atoms with Crippen LogP contribution in [0.2, 0.25) is 0 Å². The summed E-state index contributed by atoms with van der Waals surface area (Å²) in [6.45, 7) is 6.97. The summed E-state index contributed by atoms with van der Waals surface area (Å²) < 4.78 is 10.7. The van der Waals surface area contributed by atoms with Crippen LogP contribution in [0.1, 0.15) is 30.9 Å². The molecular weight excluding hydrogens is 254 g/mol. The van der Waals surface area contributed by atoms with E-state index in [9.17, 15) is 4.79 Å². The Hall–Kier alpha value is -1.81. The van der Waals surface area contributed by atoms with Crippen LogP contribution in [0, 0.1) is 0 Å². The summed E-state index contributed by atoms with van der Waals surface area (Å²) in [5.74, 6) is 0.518. The molecule has 0 N–H and O–H groups in total. The van der Waals surface area contributed by atoms with Gasteiger partial charge >= 0.3 is 5.97 Å². The van der Waals surface area contributed by atoms with Gasteiger partial charge in [-0.3, -0.25) is 0 Å². The van der Waals surface area contributed by atoms with Crippen LogP contribution in [0.5, 0.6) is 5.75 Å². The molecule has 1 aromatic rings. The van der Waals surface area contributed by atoms with Crippen LogP contribution in [0.25, 0.3) is 0 Å². The third-order valence-corrected chi connectivity index (χ3v) is 3.30. The first-order valence-electron chi connectivity index (χ1n) is 6.99. The lowest BCUT2D eigenvalue weighted by molar-refractivity contribution is -0.144. The van der Waals surface area contributed by atoms with Crippen molar-refractivity contribution in [2.45, 2.75) is 32.7 Å². The second kappa shape index (κ2) is 7.10. The number of benzene rings is 1. The van der Waals surface area contributed by atoms with E-state index in [1.165, 1.54) is 24.5 Å². The van der Waals surface area contributed by atoms with Gasteiger partial charge in [-0.05, 0) is 24.5 Å². The Morgan fingerprint density at radius 3 is 3.15 bits per heavy atom. The summed E-state index contributed by atoms with van der Waals surface area (Å²) in [5.41, 5.74) is 2.48. The highest BCUT2D eigenvalue weighted by molar-refractivity contribution is 5.81. The summed E-state index contributed by atoms with van der Waals surface area (Å²) in [4.78, 5) is 13.0. The van der Waals surface area contributed by atoms with Gasteiger partial charge in [-0.25, -0.2) is 9.69 Å². The minimum absolute atomic E-state index is 0.226. The van der Waals surface area contributed by atoms with E-state index in [4.69, 9.17) is 9.47 Å². The molecule has 2 rings (SSSR count). The molecule has 0 aromatic heterocycles. The molecule has 0 aliphatic carbocycles. The van der Waals surface area contributed by atoms with Crippen molar-refractivity contribution in [3.05, 3.63) is 42.0 Å². The highest BCUT2D eigenvalue weighted by Crippen LogP contribution is 2.26. The van der Waals surface area contributed by atoms with Gasteiger partial charge in [0.1, 0.15) is 19.2 Å². The van der Waals surface area contributed by atoms with Crippen LogP contribution in [0.15, 0.2) is 30.9 Å². The topological polar surface area (TPSA) is 38.8 Å². The first-order valence-corrected chi connectivity index (χ1v) is 6.99. The number of fused-ring (bicyclic) bond motifs is 1. The van der Waals surface area contributed by atoms with Crippen molar-refractivity contribution in [1.82, 2.24) is 4.90 Å². The van der Waals surface area contributed by atoms with Crippen molar-refractivity contribution >= 4 is 5.97 Å². The lowest BCUT2D eigenvalue weighted by Gasteiger charge is -2.28. The molecule has 0 fully saturated rings. The van der Waals surface area contributed by atoms with Gasteiger partial charge in [-0.1, -0.05) is 32.1 Å². The fourth-order valence-electron chi connectivity index (χ4n) is 2.18. The highest BCUT2D eigenvalue weighted by atomic mass is 16.6. The van der Waals surface area contributed by atoms with E-state index in [2.05, 4.69) is 25.6 Å². The maximum atomic E-state index is 11.1. The number of unbranched alkanes of at least 4 members (excludes halogenated alkanes) is 1. The number of esters is 1. The normalized spacial score (nSPS) is 14.2. The summed E-state index contributed by atoms with van der Waals surface area (Å²) >= 11 is 0. The van der Waals surface area contributed by atoms with Crippen molar-refractivity contribution < 1.29 is 14.3 Å². The van der Waals surface area contributed by atoms with Crippen LogP contribution in [0.3, 0.4) is 0 Å². The number of nitrogens with zero attached hydrogens (tertiary/aromatic N) is 1. The number of hydrogen-bond acceptors (Lipinski definition) is 4. The van der Waals surface area contributed by atoms with Gasteiger partial charge < -0.3 is 9.47 Å². The molecular formula is C16H21NO3. The Bertz CT molecular complexity index is 485. The summed E-state index contributed by atoms with van der Waals surface area (Å²) in [7, 11) is 0. The zero-order chi connectivity index (χ0) is 14.4. The Kier molecular flexibility index (Phi) is 5.18. The molecule has 4 heteroatoms. The summed E-state index contributed by atoms with van der Waals surface area (Å²) in [6, 6.07) is 6.35. The molecule has 0 amide bonds. The predicted octanol–water partition coefficient (Wildman–Crippen LogP) is 2.87. The van der Waals surface area contributed by atoms with Crippen LogP contribution in [-0.2, 0) is 22.5 Å². The standard InChI is InChI=1S/C16H21NO3/c1-3-5-6-13-7-8-15-14(9-13)10-17(11-19-15)12-20-16(18)4-2/h4,7-9H,2-3,5-6,10-12H2,1H3. The number of carbonyl (C=O) groups excluding carboxylic acids is 1. The van der Waals surface area contributed by atoms with E-state index in [0.717, 1.165) is 24.3 Å². The lowest BCUT2D eigenvalue weighted by Crippen LogP contribution is -2.34. The van der Waals surface area contributed by atoms with Crippen LogP contribution < -0.4 is 4.74 Å². The molecule has 1 aromatic carbocycles. The van der Waals surface area contributed by atoms with Gasteiger partial charge in [-0.15, -0.1) is 0 Å². The molecule has 4 nitrogen and oxygen atoms in total. The molecule has 0 saturated carbocycles. The molecule has 0 atom stereocenters. The van der Waals surface area contributed by atoms with Gasteiger partial charge in [0, 0.05) is 18.2 Å². The van der Waals surface area contributed by atoms with Crippen molar-refractivity contribution in [2.75, 3.05) is 13.5 Å².